The molecule has 1 rings (SSSR count). The highest BCUT2D eigenvalue weighted by Gasteiger charge is 2.19. The molecule has 0 aliphatic rings. The molecule has 3 N–H and O–H groups in total. The molecule has 90 valence electrons. The fourth-order valence-electron chi connectivity index (χ4n) is 1.87. The SMILES string of the molecule is CCC(C)C(NN)c1ccc(C)cc1OC. The van der Waals surface area contributed by atoms with E-state index in [0.717, 1.165) is 17.7 Å². The summed E-state index contributed by atoms with van der Waals surface area (Å²) in [7, 11) is 1.70. The molecule has 3 nitrogen and oxygen atoms in total. The number of benzene rings is 1. The molecule has 0 aromatic heterocycles. The standard InChI is InChI=1S/C13H22N2O/c1-5-10(3)13(15-14)11-7-6-9(2)8-12(11)16-4/h6-8,10,13,15H,5,14H2,1-4H3. The van der Waals surface area contributed by atoms with Gasteiger partial charge in [0.2, 0.25) is 0 Å². The monoisotopic (exact) mass is 222 g/mol. The van der Waals surface area contributed by atoms with Crippen LogP contribution in [0.15, 0.2) is 18.2 Å². The molecule has 2 unspecified atom stereocenters. The minimum Gasteiger partial charge on any atom is -0.496 e. The van der Waals surface area contributed by atoms with E-state index >= 15 is 0 Å². The first kappa shape index (κ1) is 13.0. The number of hydrogen-bond donors (Lipinski definition) is 2. The molecule has 0 fully saturated rings. The highest BCUT2D eigenvalue weighted by Crippen LogP contribution is 2.31. The second kappa shape index (κ2) is 5.87. The third-order valence-corrected chi connectivity index (χ3v) is 3.12. The molecule has 0 bridgehead atoms. The van der Waals surface area contributed by atoms with Crippen molar-refractivity contribution >= 4 is 0 Å². The molecule has 0 amide bonds. The predicted molar refractivity (Wildman–Crippen MR) is 67.3 cm³/mol. The highest BCUT2D eigenvalue weighted by atomic mass is 16.5. The van der Waals surface area contributed by atoms with Crippen LogP contribution in [-0.2, 0) is 0 Å². The van der Waals surface area contributed by atoms with Crippen molar-refractivity contribution in [2.75, 3.05) is 7.11 Å². The lowest BCUT2D eigenvalue weighted by Crippen LogP contribution is -2.32. The minimum atomic E-state index is 0.139. The van der Waals surface area contributed by atoms with E-state index in [1.807, 2.05) is 6.07 Å². The summed E-state index contributed by atoms with van der Waals surface area (Å²) in [6.07, 6.45) is 1.08. The smallest absolute Gasteiger partial charge is 0.123 e. The van der Waals surface area contributed by atoms with Crippen LogP contribution in [0.4, 0.5) is 0 Å². The number of nitrogens with one attached hydrogen (secondary N) is 1. The van der Waals surface area contributed by atoms with E-state index in [1.54, 1.807) is 7.11 Å². The van der Waals surface area contributed by atoms with Crippen molar-refractivity contribution in [3.05, 3.63) is 29.3 Å². The average Bonchev–Trinajstić information content (AvgIpc) is 2.31. The first-order valence-electron chi connectivity index (χ1n) is 5.74. The van der Waals surface area contributed by atoms with Gasteiger partial charge >= 0.3 is 0 Å². The quantitative estimate of drug-likeness (QED) is 0.594. The Morgan fingerprint density at radius 2 is 2.12 bits per heavy atom. The molecule has 0 radical (unpaired) electrons. The van der Waals surface area contributed by atoms with Gasteiger partial charge in [0.15, 0.2) is 0 Å². The Kier molecular flexibility index (Phi) is 4.77. The van der Waals surface area contributed by atoms with Gasteiger partial charge in [-0.05, 0) is 24.5 Å². The van der Waals surface area contributed by atoms with E-state index in [-0.39, 0.29) is 6.04 Å². The van der Waals surface area contributed by atoms with Gasteiger partial charge in [0, 0.05) is 5.56 Å². The van der Waals surface area contributed by atoms with Crippen LogP contribution in [0.25, 0.3) is 0 Å². The molecule has 0 aliphatic heterocycles. The Hall–Kier alpha value is -1.06. The average molecular weight is 222 g/mol. The van der Waals surface area contributed by atoms with Crippen LogP contribution in [0.1, 0.15) is 37.4 Å². The number of methoxy groups -OCH3 is 1. The maximum atomic E-state index is 5.64. The van der Waals surface area contributed by atoms with Crippen LogP contribution in [0.3, 0.4) is 0 Å². The second-order valence-corrected chi connectivity index (χ2v) is 4.28. The maximum Gasteiger partial charge on any atom is 0.123 e. The summed E-state index contributed by atoms with van der Waals surface area (Å²) in [6.45, 7) is 6.40. The molecule has 3 heteroatoms. The Balaban J connectivity index is 3.08. The van der Waals surface area contributed by atoms with Gasteiger partial charge in [0.05, 0.1) is 13.2 Å². The van der Waals surface area contributed by atoms with Crippen molar-refractivity contribution in [3.63, 3.8) is 0 Å². The summed E-state index contributed by atoms with van der Waals surface area (Å²) in [5.41, 5.74) is 5.21. The van der Waals surface area contributed by atoms with Gasteiger partial charge in [0.25, 0.3) is 0 Å². The van der Waals surface area contributed by atoms with E-state index in [0.29, 0.717) is 5.92 Å². The minimum absolute atomic E-state index is 0.139. The molecule has 0 spiro atoms. The summed E-state index contributed by atoms with van der Waals surface area (Å²) in [4.78, 5) is 0. The van der Waals surface area contributed by atoms with Gasteiger partial charge in [0.1, 0.15) is 5.75 Å². The third-order valence-electron chi connectivity index (χ3n) is 3.12. The van der Waals surface area contributed by atoms with Crippen LogP contribution in [-0.4, -0.2) is 7.11 Å². The Bertz CT molecular complexity index is 339. The first-order chi connectivity index (χ1) is 7.63. The molecule has 16 heavy (non-hydrogen) atoms. The number of aryl methyl sites for hydroxylation is 1. The zero-order chi connectivity index (χ0) is 12.1. The van der Waals surface area contributed by atoms with Gasteiger partial charge in [-0.15, -0.1) is 0 Å². The first-order valence-corrected chi connectivity index (χ1v) is 5.74. The van der Waals surface area contributed by atoms with Crippen LogP contribution in [0.2, 0.25) is 0 Å². The van der Waals surface area contributed by atoms with Crippen LogP contribution in [0.5, 0.6) is 5.75 Å². The Labute approximate surface area is 98.0 Å². The fourth-order valence-corrected chi connectivity index (χ4v) is 1.87. The zero-order valence-electron chi connectivity index (χ0n) is 10.6. The largest absolute Gasteiger partial charge is 0.496 e. The summed E-state index contributed by atoms with van der Waals surface area (Å²) in [5.74, 6) is 7.02. The van der Waals surface area contributed by atoms with Gasteiger partial charge in [-0.25, -0.2) is 0 Å². The number of hydrogen-bond acceptors (Lipinski definition) is 3. The number of ether oxygens (including phenoxy) is 1. The Morgan fingerprint density at radius 3 is 2.62 bits per heavy atom. The summed E-state index contributed by atoms with van der Waals surface area (Å²) in [6, 6.07) is 6.36. The van der Waals surface area contributed by atoms with E-state index in [4.69, 9.17) is 10.6 Å². The second-order valence-electron chi connectivity index (χ2n) is 4.28. The molecule has 0 saturated heterocycles. The van der Waals surface area contributed by atoms with E-state index in [2.05, 4.69) is 38.3 Å². The number of rotatable bonds is 5. The van der Waals surface area contributed by atoms with E-state index in [1.165, 1.54) is 5.56 Å². The number of nitrogens with two attached hydrogens (primary N) is 1. The molecule has 1 aromatic rings. The van der Waals surface area contributed by atoms with Crippen molar-refractivity contribution in [3.8, 4) is 5.75 Å². The van der Waals surface area contributed by atoms with Gasteiger partial charge in [-0.1, -0.05) is 32.4 Å². The summed E-state index contributed by atoms with van der Waals surface area (Å²) < 4.78 is 5.41. The van der Waals surface area contributed by atoms with Crippen molar-refractivity contribution in [1.82, 2.24) is 5.43 Å². The molecular formula is C13H22N2O. The molecule has 0 saturated carbocycles. The molecule has 1 aromatic carbocycles. The molecular weight excluding hydrogens is 200 g/mol. The maximum absolute atomic E-state index is 5.64. The van der Waals surface area contributed by atoms with Gasteiger partial charge < -0.3 is 4.74 Å². The van der Waals surface area contributed by atoms with Crippen molar-refractivity contribution in [2.45, 2.75) is 33.2 Å². The van der Waals surface area contributed by atoms with Crippen molar-refractivity contribution in [1.29, 1.82) is 0 Å². The summed E-state index contributed by atoms with van der Waals surface area (Å²) >= 11 is 0. The van der Waals surface area contributed by atoms with Crippen LogP contribution >= 0.6 is 0 Å². The Morgan fingerprint density at radius 1 is 1.44 bits per heavy atom. The molecule has 0 aliphatic carbocycles. The topological polar surface area (TPSA) is 47.3 Å². The lowest BCUT2D eigenvalue weighted by atomic mass is 9.92. The summed E-state index contributed by atoms with van der Waals surface area (Å²) in [5, 5.41) is 0. The van der Waals surface area contributed by atoms with Crippen LogP contribution < -0.4 is 16.0 Å². The van der Waals surface area contributed by atoms with Crippen molar-refractivity contribution < 1.29 is 4.74 Å². The lowest BCUT2D eigenvalue weighted by molar-refractivity contribution is 0.354. The lowest BCUT2D eigenvalue weighted by Gasteiger charge is -2.24. The normalized spacial score (nSPS) is 14.6. The van der Waals surface area contributed by atoms with E-state index < -0.39 is 0 Å². The van der Waals surface area contributed by atoms with Gasteiger partial charge in [-0.3, -0.25) is 11.3 Å². The van der Waals surface area contributed by atoms with Crippen LogP contribution in [0, 0.1) is 12.8 Å². The zero-order valence-corrected chi connectivity index (χ0v) is 10.6. The van der Waals surface area contributed by atoms with Gasteiger partial charge in [-0.2, -0.15) is 0 Å². The molecule has 0 heterocycles. The third kappa shape index (κ3) is 2.74. The predicted octanol–water partition coefficient (Wildman–Crippen LogP) is 2.55. The fraction of sp³-hybridized carbons (Fsp3) is 0.538. The van der Waals surface area contributed by atoms with Crippen molar-refractivity contribution in [2.24, 2.45) is 11.8 Å². The number of hydrazine groups is 1. The molecule has 2 atom stereocenters. The van der Waals surface area contributed by atoms with E-state index in [9.17, 15) is 0 Å². The highest BCUT2D eigenvalue weighted by molar-refractivity contribution is 5.39.